The van der Waals surface area contributed by atoms with Crippen LogP contribution in [-0.2, 0) is 0 Å². The number of thiocarbonyl (C=S) groups is 1. The second kappa shape index (κ2) is 8.83. The summed E-state index contributed by atoms with van der Waals surface area (Å²) in [6.45, 7) is 0. The van der Waals surface area contributed by atoms with Crippen molar-refractivity contribution in [1.29, 1.82) is 0 Å². The monoisotopic (exact) mass is 395 g/mol. The summed E-state index contributed by atoms with van der Waals surface area (Å²) in [5.74, 6) is -0.0382. The third kappa shape index (κ3) is 4.74. The highest BCUT2D eigenvalue weighted by molar-refractivity contribution is 7.80. The number of carbonyl (C=O) groups is 2. The molecule has 3 N–H and O–H groups in total. The lowest BCUT2D eigenvalue weighted by atomic mass is 10.2. The maximum absolute atomic E-state index is 12.2. The SMILES string of the molecule is COc1ccc(NC(=O)c2ccco2)cc1NC(=S)NC(=O)c1ccccc1. The van der Waals surface area contributed by atoms with Gasteiger partial charge in [0.15, 0.2) is 10.9 Å². The van der Waals surface area contributed by atoms with Crippen molar-refractivity contribution in [3.05, 3.63) is 78.3 Å². The standard InChI is InChI=1S/C20H17N3O4S/c1-26-16-10-9-14(21-19(25)17-8-5-11-27-17)12-15(16)22-20(28)23-18(24)13-6-3-2-4-7-13/h2-12H,1H3,(H,21,25)(H2,22,23,24,28). The summed E-state index contributed by atoms with van der Waals surface area (Å²) in [6.07, 6.45) is 1.42. The molecule has 1 heterocycles. The maximum atomic E-state index is 12.2. The highest BCUT2D eigenvalue weighted by Gasteiger charge is 2.13. The number of benzene rings is 2. The van der Waals surface area contributed by atoms with Gasteiger partial charge in [0.2, 0.25) is 0 Å². The Kier molecular flexibility index (Phi) is 6.03. The van der Waals surface area contributed by atoms with Gasteiger partial charge in [0.05, 0.1) is 19.1 Å². The molecular weight excluding hydrogens is 378 g/mol. The van der Waals surface area contributed by atoms with E-state index in [0.717, 1.165) is 0 Å². The van der Waals surface area contributed by atoms with Crippen molar-refractivity contribution in [3.8, 4) is 5.75 Å². The molecule has 3 aromatic rings. The Hall–Kier alpha value is -3.65. The summed E-state index contributed by atoms with van der Waals surface area (Å²) < 4.78 is 10.4. The first kappa shape index (κ1) is 19.1. The van der Waals surface area contributed by atoms with Crippen LogP contribution < -0.4 is 20.7 Å². The molecule has 0 saturated carbocycles. The molecule has 0 spiro atoms. The molecule has 2 amide bonds. The van der Waals surface area contributed by atoms with Crippen LogP contribution in [0.25, 0.3) is 0 Å². The van der Waals surface area contributed by atoms with Gasteiger partial charge in [0, 0.05) is 11.3 Å². The van der Waals surface area contributed by atoms with E-state index in [0.29, 0.717) is 22.7 Å². The summed E-state index contributed by atoms with van der Waals surface area (Å²) in [4.78, 5) is 24.3. The van der Waals surface area contributed by atoms with Crippen LogP contribution >= 0.6 is 12.2 Å². The lowest BCUT2D eigenvalue weighted by molar-refractivity contribution is 0.0975. The van der Waals surface area contributed by atoms with Gasteiger partial charge in [-0.2, -0.15) is 0 Å². The number of hydrogen-bond donors (Lipinski definition) is 3. The molecule has 1 aromatic heterocycles. The fourth-order valence-corrected chi connectivity index (χ4v) is 2.60. The smallest absolute Gasteiger partial charge is 0.291 e. The van der Waals surface area contributed by atoms with Crippen molar-refractivity contribution >= 4 is 40.5 Å². The largest absolute Gasteiger partial charge is 0.495 e. The molecule has 0 bridgehead atoms. The van der Waals surface area contributed by atoms with Gasteiger partial charge in [-0.05, 0) is 54.7 Å². The second-order valence-electron chi connectivity index (χ2n) is 5.62. The van der Waals surface area contributed by atoms with Gasteiger partial charge in [0.1, 0.15) is 5.75 Å². The molecule has 0 aliphatic rings. The van der Waals surface area contributed by atoms with Crippen LogP contribution in [0.1, 0.15) is 20.9 Å². The van der Waals surface area contributed by atoms with Gasteiger partial charge in [-0.1, -0.05) is 18.2 Å². The minimum absolute atomic E-state index is 0.0988. The Morgan fingerprint density at radius 2 is 1.75 bits per heavy atom. The number of hydrogen-bond acceptors (Lipinski definition) is 5. The summed E-state index contributed by atoms with van der Waals surface area (Å²) in [5, 5.41) is 8.33. The quantitative estimate of drug-likeness (QED) is 0.571. The lowest BCUT2D eigenvalue weighted by Gasteiger charge is -2.14. The number of furan rings is 1. The average Bonchev–Trinajstić information content (AvgIpc) is 3.24. The van der Waals surface area contributed by atoms with Crippen LogP contribution in [0.15, 0.2) is 71.3 Å². The zero-order valence-electron chi connectivity index (χ0n) is 14.9. The summed E-state index contributed by atoms with van der Waals surface area (Å²) in [5.41, 5.74) is 1.47. The van der Waals surface area contributed by atoms with Crippen molar-refractivity contribution in [1.82, 2.24) is 5.32 Å². The zero-order chi connectivity index (χ0) is 19.9. The van der Waals surface area contributed by atoms with E-state index in [2.05, 4.69) is 16.0 Å². The molecule has 8 heteroatoms. The van der Waals surface area contributed by atoms with Crippen LogP contribution in [0.2, 0.25) is 0 Å². The molecule has 0 unspecified atom stereocenters. The van der Waals surface area contributed by atoms with E-state index in [1.54, 1.807) is 54.6 Å². The van der Waals surface area contributed by atoms with E-state index in [-0.39, 0.29) is 22.7 Å². The van der Waals surface area contributed by atoms with E-state index in [1.165, 1.54) is 13.4 Å². The number of anilines is 2. The third-order valence-corrected chi connectivity index (χ3v) is 3.92. The van der Waals surface area contributed by atoms with E-state index in [4.69, 9.17) is 21.4 Å². The molecule has 0 fully saturated rings. The van der Waals surface area contributed by atoms with Crippen LogP contribution in [0.4, 0.5) is 11.4 Å². The van der Waals surface area contributed by atoms with Crippen molar-refractivity contribution in [2.45, 2.75) is 0 Å². The first-order valence-electron chi connectivity index (χ1n) is 8.27. The lowest BCUT2D eigenvalue weighted by Crippen LogP contribution is -2.34. The Labute approximate surface area is 166 Å². The highest BCUT2D eigenvalue weighted by atomic mass is 32.1. The van der Waals surface area contributed by atoms with Gasteiger partial charge in [-0.15, -0.1) is 0 Å². The van der Waals surface area contributed by atoms with E-state index in [1.807, 2.05) is 6.07 Å². The molecule has 2 aromatic carbocycles. The highest BCUT2D eigenvalue weighted by Crippen LogP contribution is 2.28. The zero-order valence-corrected chi connectivity index (χ0v) is 15.7. The van der Waals surface area contributed by atoms with Gasteiger partial charge >= 0.3 is 0 Å². The van der Waals surface area contributed by atoms with Gasteiger partial charge in [-0.3, -0.25) is 14.9 Å². The summed E-state index contributed by atoms with van der Waals surface area (Å²) in [6, 6.07) is 16.9. The van der Waals surface area contributed by atoms with Crippen LogP contribution in [0.3, 0.4) is 0 Å². The van der Waals surface area contributed by atoms with E-state index in [9.17, 15) is 9.59 Å². The van der Waals surface area contributed by atoms with E-state index >= 15 is 0 Å². The molecular formula is C20H17N3O4S. The first-order chi connectivity index (χ1) is 13.6. The van der Waals surface area contributed by atoms with Crippen molar-refractivity contribution in [2.75, 3.05) is 17.7 Å². The molecule has 0 radical (unpaired) electrons. The first-order valence-corrected chi connectivity index (χ1v) is 8.68. The Balaban J connectivity index is 1.70. The van der Waals surface area contributed by atoms with Gasteiger partial charge in [0.25, 0.3) is 11.8 Å². The second-order valence-corrected chi connectivity index (χ2v) is 6.03. The number of nitrogens with one attached hydrogen (secondary N) is 3. The molecule has 142 valence electrons. The van der Waals surface area contributed by atoms with Crippen molar-refractivity contribution in [3.63, 3.8) is 0 Å². The molecule has 0 aliphatic carbocycles. The van der Waals surface area contributed by atoms with Crippen molar-refractivity contribution < 1.29 is 18.7 Å². The number of ether oxygens (including phenoxy) is 1. The van der Waals surface area contributed by atoms with Gasteiger partial charge in [-0.25, -0.2) is 0 Å². The summed E-state index contributed by atoms with van der Waals surface area (Å²) in [7, 11) is 1.51. The topological polar surface area (TPSA) is 92.6 Å². The number of carbonyl (C=O) groups excluding carboxylic acids is 2. The van der Waals surface area contributed by atoms with Crippen molar-refractivity contribution in [2.24, 2.45) is 0 Å². The molecule has 7 nitrogen and oxygen atoms in total. The van der Waals surface area contributed by atoms with Crippen LogP contribution in [0.5, 0.6) is 5.75 Å². The van der Waals surface area contributed by atoms with Crippen LogP contribution in [0, 0.1) is 0 Å². The Bertz CT molecular complexity index is 988. The average molecular weight is 395 g/mol. The Morgan fingerprint density at radius 1 is 0.964 bits per heavy atom. The predicted molar refractivity (Wildman–Crippen MR) is 110 cm³/mol. The molecule has 28 heavy (non-hydrogen) atoms. The van der Waals surface area contributed by atoms with Gasteiger partial charge < -0.3 is 19.8 Å². The van der Waals surface area contributed by atoms with E-state index < -0.39 is 0 Å². The molecule has 0 atom stereocenters. The Morgan fingerprint density at radius 3 is 2.43 bits per heavy atom. The molecule has 3 rings (SSSR count). The normalized spacial score (nSPS) is 10.0. The maximum Gasteiger partial charge on any atom is 0.291 e. The number of amides is 2. The fourth-order valence-electron chi connectivity index (χ4n) is 2.40. The van der Waals surface area contributed by atoms with Crippen LogP contribution in [-0.4, -0.2) is 24.0 Å². The molecule has 0 aliphatic heterocycles. The summed E-state index contributed by atoms with van der Waals surface area (Å²) >= 11 is 5.21. The predicted octanol–water partition coefficient (Wildman–Crippen LogP) is 3.67. The number of rotatable bonds is 5. The number of methoxy groups -OCH3 is 1. The minimum Gasteiger partial charge on any atom is -0.495 e. The fraction of sp³-hybridized carbons (Fsp3) is 0.0500. The third-order valence-electron chi connectivity index (χ3n) is 3.71. The minimum atomic E-state index is -0.388. The molecule has 0 saturated heterocycles.